The molecule has 1 fully saturated rings. The van der Waals surface area contributed by atoms with Crippen molar-refractivity contribution in [3.63, 3.8) is 0 Å². The van der Waals surface area contributed by atoms with E-state index in [1.807, 2.05) is 55.4 Å². The molecule has 4 nitrogen and oxygen atoms in total. The van der Waals surface area contributed by atoms with Crippen LogP contribution < -0.4 is 0 Å². The van der Waals surface area contributed by atoms with Gasteiger partial charge in [-0.25, -0.2) is 0 Å². The summed E-state index contributed by atoms with van der Waals surface area (Å²) in [5.74, 6) is 1.35. The fraction of sp³-hybridized carbons (Fsp3) is 0.854. The number of cyclic esters (lactones) is 1. The number of allylic oxidation sites excluding steroid dienone is 4. The van der Waals surface area contributed by atoms with Crippen LogP contribution in [0.3, 0.4) is 0 Å². The number of hydrogen-bond acceptors (Lipinski definition) is 3. The van der Waals surface area contributed by atoms with Gasteiger partial charge in [0, 0.05) is 12.8 Å². The Labute approximate surface area is 285 Å². The van der Waals surface area contributed by atoms with E-state index in [1.54, 1.807) is 0 Å². The number of rotatable bonds is 6. The Morgan fingerprint density at radius 3 is 1.51 bits per heavy atom. The van der Waals surface area contributed by atoms with Gasteiger partial charge >= 0.3 is 11.9 Å². The molecule has 1 rings (SSSR count). The van der Waals surface area contributed by atoms with Gasteiger partial charge in [-0.2, -0.15) is 0 Å². The average molecular weight is 643 g/mol. The van der Waals surface area contributed by atoms with Crippen LogP contribution in [0.1, 0.15) is 184 Å². The van der Waals surface area contributed by atoms with Gasteiger partial charge in [-0.15, -0.1) is 0 Å². The summed E-state index contributed by atoms with van der Waals surface area (Å²) in [6.07, 6.45) is 12.9. The minimum atomic E-state index is -0.682. The quantitative estimate of drug-likeness (QED) is 0.231. The van der Waals surface area contributed by atoms with E-state index in [0.717, 1.165) is 19.3 Å². The molecule has 45 heavy (non-hydrogen) atoms. The van der Waals surface area contributed by atoms with E-state index < -0.39 is 5.97 Å². The van der Waals surface area contributed by atoms with Gasteiger partial charge in [0.2, 0.25) is 0 Å². The molecule has 4 heteroatoms. The number of carboxylic acids is 1. The first-order valence-corrected chi connectivity index (χ1v) is 18.2. The van der Waals surface area contributed by atoms with Gasteiger partial charge in [0.25, 0.3) is 0 Å². The maximum Gasteiger partial charge on any atom is 0.306 e. The van der Waals surface area contributed by atoms with Crippen molar-refractivity contribution in [2.75, 3.05) is 0 Å². The van der Waals surface area contributed by atoms with Crippen molar-refractivity contribution >= 4 is 11.9 Å². The fourth-order valence-corrected chi connectivity index (χ4v) is 3.78. The third-order valence-corrected chi connectivity index (χ3v) is 6.33. The number of esters is 1. The van der Waals surface area contributed by atoms with E-state index in [0.29, 0.717) is 47.3 Å². The first kappa shape index (κ1) is 55.8. The molecule has 3 unspecified atom stereocenters. The van der Waals surface area contributed by atoms with Crippen LogP contribution in [0.25, 0.3) is 0 Å². The van der Waals surface area contributed by atoms with E-state index in [4.69, 9.17) is 9.84 Å². The van der Waals surface area contributed by atoms with E-state index >= 15 is 0 Å². The molecule has 4 atom stereocenters. The predicted octanol–water partition coefficient (Wildman–Crippen LogP) is 13.8. The molecule has 1 heterocycles. The van der Waals surface area contributed by atoms with Gasteiger partial charge in [0.05, 0.1) is 0 Å². The molecule has 0 spiro atoms. The lowest BCUT2D eigenvalue weighted by Crippen LogP contribution is -2.37. The summed E-state index contributed by atoms with van der Waals surface area (Å²) < 4.78 is 5.28. The van der Waals surface area contributed by atoms with Crippen molar-refractivity contribution in [2.45, 2.75) is 191 Å². The third-order valence-electron chi connectivity index (χ3n) is 6.33. The molecule has 0 radical (unpaired) electrons. The Morgan fingerprint density at radius 2 is 1.29 bits per heavy atom. The topological polar surface area (TPSA) is 63.6 Å². The molecule has 0 saturated carbocycles. The van der Waals surface area contributed by atoms with Gasteiger partial charge in [-0.3, -0.25) is 9.59 Å². The molecular weight excluding hydrogens is 556 g/mol. The monoisotopic (exact) mass is 643 g/mol. The smallest absolute Gasteiger partial charge is 0.306 e. The highest BCUT2D eigenvalue weighted by Crippen LogP contribution is 2.32. The highest BCUT2D eigenvalue weighted by atomic mass is 16.5. The predicted molar refractivity (Wildman–Crippen MR) is 205 cm³/mol. The zero-order valence-electron chi connectivity index (χ0n) is 34.9. The van der Waals surface area contributed by atoms with Crippen molar-refractivity contribution in [2.24, 2.45) is 39.9 Å². The summed E-state index contributed by atoms with van der Waals surface area (Å²) in [6.45, 7) is 46.4. The first-order chi connectivity index (χ1) is 20.4. The van der Waals surface area contributed by atoms with Crippen LogP contribution in [0.5, 0.6) is 0 Å². The highest BCUT2D eigenvalue weighted by Gasteiger charge is 2.34. The molecule has 0 aromatic rings. The lowest BCUT2D eigenvalue weighted by molar-refractivity contribution is -0.163. The van der Waals surface area contributed by atoms with E-state index in [9.17, 15) is 9.59 Å². The second-order valence-corrected chi connectivity index (χ2v) is 15.1. The molecule has 1 aliphatic rings. The largest absolute Gasteiger partial charge is 0.481 e. The summed E-state index contributed by atoms with van der Waals surface area (Å²) in [6, 6.07) is 0. The van der Waals surface area contributed by atoms with E-state index in [2.05, 4.69) is 121 Å². The van der Waals surface area contributed by atoms with Crippen molar-refractivity contribution in [3.8, 4) is 0 Å². The molecule has 1 N–H and O–H groups in total. The Bertz CT molecular complexity index is 696. The SMILES string of the molecule is CC.CC.CC.CC(CC(=O)O)CC(C)C(C)C.CC=CC(C)(C)C.CCC=CC(C)(C)C.C[C@H]1CC(=O)OC(C(C)(C)C)C1. The number of hydrogen-bond donors (Lipinski definition) is 1. The van der Waals surface area contributed by atoms with Gasteiger partial charge < -0.3 is 9.84 Å². The molecule has 0 bridgehead atoms. The number of carbonyl (C=O) groups excluding carboxylic acids is 1. The van der Waals surface area contributed by atoms with Gasteiger partial charge in [0.1, 0.15) is 6.10 Å². The van der Waals surface area contributed by atoms with Gasteiger partial charge in [0.15, 0.2) is 0 Å². The van der Waals surface area contributed by atoms with Crippen molar-refractivity contribution < 1.29 is 19.4 Å². The number of carboxylic acid groups (broad SMARTS) is 1. The third kappa shape index (κ3) is 49.5. The normalized spacial score (nSPS) is 17.4. The number of ether oxygens (including phenoxy) is 1. The molecule has 274 valence electrons. The Hall–Kier alpha value is -1.58. The van der Waals surface area contributed by atoms with Crippen LogP contribution in [0.2, 0.25) is 0 Å². The molecule has 1 saturated heterocycles. The molecule has 0 amide bonds. The van der Waals surface area contributed by atoms with E-state index in [-0.39, 0.29) is 17.5 Å². The summed E-state index contributed by atoms with van der Waals surface area (Å²) >= 11 is 0. The van der Waals surface area contributed by atoms with Crippen molar-refractivity contribution in [1.29, 1.82) is 0 Å². The highest BCUT2D eigenvalue weighted by molar-refractivity contribution is 5.70. The summed E-state index contributed by atoms with van der Waals surface area (Å²) in [5.41, 5.74) is 0.828. The molecular formula is C41H86O4. The molecule has 0 aliphatic carbocycles. The number of aliphatic carboxylic acids is 1. The average Bonchev–Trinajstić information content (AvgIpc) is 2.89. The lowest BCUT2D eigenvalue weighted by Gasteiger charge is -2.35. The Kier molecular flexibility index (Phi) is 40.1. The number of carbonyl (C=O) groups is 2. The first-order valence-electron chi connectivity index (χ1n) is 18.2. The van der Waals surface area contributed by atoms with Gasteiger partial charge in [-0.1, -0.05) is 170 Å². The van der Waals surface area contributed by atoms with Crippen LogP contribution in [-0.4, -0.2) is 23.1 Å². The van der Waals surface area contributed by atoms with Crippen molar-refractivity contribution in [1.82, 2.24) is 0 Å². The zero-order valence-corrected chi connectivity index (χ0v) is 34.9. The van der Waals surface area contributed by atoms with Crippen LogP contribution >= 0.6 is 0 Å². The second-order valence-electron chi connectivity index (χ2n) is 15.1. The summed E-state index contributed by atoms with van der Waals surface area (Å²) in [4.78, 5) is 21.5. The standard InChI is InChI=1S/C10H18O2.C10H20O2.C8H16.C7H14.3C2H6/c1-7-5-8(10(2,3)4)12-9(11)6-7;1-7(2)9(4)5-8(3)6-10(11)12;1-5-6-7-8(2,3)4;1-5-6-7(2,3)4;3*1-2/h7-8H,5-6H2,1-4H3;7-9H,5-6H2,1-4H3,(H,11,12);6-7H,5H2,1-4H3;5-6H,1-4H3;3*1-2H3/t7-,8?;;;;;;/m1....../s1. The van der Waals surface area contributed by atoms with Crippen LogP contribution in [-0.2, 0) is 14.3 Å². The van der Waals surface area contributed by atoms with Crippen molar-refractivity contribution in [3.05, 3.63) is 24.3 Å². The van der Waals surface area contributed by atoms with E-state index in [1.165, 1.54) is 0 Å². The van der Waals surface area contributed by atoms with Crippen LogP contribution in [0.4, 0.5) is 0 Å². The van der Waals surface area contributed by atoms with Crippen LogP contribution in [0.15, 0.2) is 24.3 Å². The zero-order chi connectivity index (χ0) is 37.6. The molecule has 1 aliphatic heterocycles. The molecule has 0 aromatic carbocycles. The minimum Gasteiger partial charge on any atom is -0.481 e. The summed E-state index contributed by atoms with van der Waals surface area (Å²) in [7, 11) is 0. The Balaban J connectivity index is -0.000000109. The second kappa shape index (κ2) is 32.4. The fourth-order valence-electron chi connectivity index (χ4n) is 3.78. The maximum absolute atomic E-state index is 11.1. The lowest BCUT2D eigenvalue weighted by atomic mass is 9.81. The summed E-state index contributed by atoms with van der Waals surface area (Å²) in [5, 5.41) is 8.54. The van der Waals surface area contributed by atoms with Gasteiger partial charge in [-0.05, 0) is 66.1 Å². The maximum atomic E-state index is 11.1. The Morgan fingerprint density at radius 1 is 0.867 bits per heavy atom. The molecule has 0 aromatic heterocycles. The van der Waals surface area contributed by atoms with Crippen LogP contribution in [0, 0.1) is 39.9 Å². The minimum absolute atomic E-state index is 0.0336.